The molecule has 1 aliphatic carbocycles. The second kappa shape index (κ2) is 4.55. The van der Waals surface area contributed by atoms with Gasteiger partial charge in [0.2, 0.25) is 0 Å². The lowest BCUT2D eigenvalue weighted by atomic mass is 9.74. The van der Waals surface area contributed by atoms with Gasteiger partial charge in [-0.1, -0.05) is 20.8 Å². The van der Waals surface area contributed by atoms with Gasteiger partial charge in [-0.3, -0.25) is 0 Å². The molecule has 4 heteroatoms. The van der Waals surface area contributed by atoms with Crippen LogP contribution in [0.1, 0.15) is 47.5 Å². The number of ether oxygens (including phenoxy) is 1. The summed E-state index contributed by atoms with van der Waals surface area (Å²) in [6.45, 7) is 9.63. The highest BCUT2D eigenvalue weighted by atomic mass is 19.1. The highest BCUT2D eigenvalue weighted by Crippen LogP contribution is 2.40. The molecule has 0 saturated carbocycles. The first-order chi connectivity index (χ1) is 7.52. The third kappa shape index (κ3) is 3.65. The van der Waals surface area contributed by atoms with Crippen molar-refractivity contribution in [1.82, 2.24) is 0 Å². The quantitative estimate of drug-likeness (QED) is 0.663. The zero-order chi connectivity index (χ0) is 13.4. The van der Waals surface area contributed by atoms with Crippen LogP contribution in [0.2, 0.25) is 0 Å². The summed E-state index contributed by atoms with van der Waals surface area (Å²) in [6.07, 6.45) is 0.970. The van der Waals surface area contributed by atoms with Crippen LogP contribution >= 0.6 is 0 Å². The van der Waals surface area contributed by atoms with Crippen molar-refractivity contribution >= 4 is 15.7 Å². The average molecular weight is 232 g/mol. The molecule has 0 aliphatic heterocycles. The van der Waals surface area contributed by atoms with E-state index in [9.17, 15) is 4.39 Å². The highest BCUT2D eigenvalue weighted by molar-refractivity contribution is 6.24. The van der Waals surface area contributed by atoms with Gasteiger partial charge in [0.05, 0.1) is 11.3 Å². The lowest BCUT2D eigenvalue weighted by molar-refractivity contribution is 0.108. The first-order valence-electron chi connectivity index (χ1n) is 5.88. The van der Waals surface area contributed by atoms with E-state index in [4.69, 9.17) is 20.4 Å². The fraction of sp³-hybridized carbons (Fsp3) is 0.692. The summed E-state index contributed by atoms with van der Waals surface area (Å²) in [7, 11) is 11.6. The Labute approximate surface area is 106 Å². The number of rotatable bonds is 2. The fourth-order valence-electron chi connectivity index (χ4n) is 1.86. The standard InChI is InChI=1S/C13H19B2FO/c1-12(2,3)8-6-7-9(16)10(14)11(8)17-13(4,5)15/h6-7H2,1-5H3. The Balaban J connectivity index is 3.24. The van der Waals surface area contributed by atoms with Crippen LogP contribution in [0.4, 0.5) is 4.39 Å². The van der Waals surface area contributed by atoms with Crippen molar-refractivity contribution in [2.45, 2.75) is 53.0 Å². The van der Waals surface area contributed by atoms with Gasteiger partial charge in [-0.05, 0) is 36.7 Å². The monoisotopic (exact) mass is 232 g/mol. The van der Waals surface area contributed by atoms with Crippen LogP contribution < -0.4 is 0 Å². The molecule has 0 spiro atoms. The number of halogens is 1. The summed E-state index contributed by atoms with van der Waals surface area (Å²) in [4.78, 5) is 0. The third-order valence-electron chi connectivity index (χ3n) is 2.68. The molecule has 0 aromatic heterocycles. The zero-order valence-electron chi connectivity index (χ0n) is 11.4. The van der Waals surface area contributed by atoms with Crippen LogP contribution in [0.3, 0.4) is 0 Å². The van der Waals surface area contributed by atoms with Crippen molar-refractivity contribution in [3.8, 4) is 0 Å². The van der Waals surface area contributed by atoms with E-state index in [2.05, 4.69) is 20.8 Å². The van der Waals surface area contributed by atoms with Gasteiger partial charge in [0.25, 0.3) is 0 Å². The summed E-state index contributed by atoms with van der Waals surface area (Å²) in [5.41, 5.74) is 0.148. The first-order valence-corrected chi connectivity index (χ1v) is 5.88. The Hall–Kier alpha value is -0.660. The molecule has 0 unspecified atom stereocenters. The molecule has 1 rings (SSSR count). The van der Waals surface area contributed by atoms with Crippen LogP contribution in [0.5, 0.6) is 0 Å². The van der Waals surface area contributed by atoms with Crippen molar-refractivity contribution in [3.05, 3.63) is 22.6 Å². The zero-order valence-corrected chi connectivity index (χ0v) is 11.4. The van der Waals surface area contributed by atoms with Crippen LogP contribution in [0, 0.1) is 5.41 Å². The van der Waals surface area contributed by atoms with E-state index in [1.807, 2.05) is 0 Å². The van der Waals surface area contributed by atoms with Gasteiger partial charge >= 0.3 is 0 Å². The molecule has 0 saturated heterocycles. The van der Waals surface area contributed by atoms with E-state index in [0.717, 1.165) is 5.57 Å². The molecule has 17 heavy (non-hydrogen) atoms. The molecule has 0 aromatic carbocycles. The molecule has 0 heterocycles. The molecular weight excluding hydrogens is 213 g/mol. The second-order valence-corrected chi connectivity index (χ2v) is 6.08. The van der Waals surface area contributed by atoms with Gasteiger partial charge in [-0.2, -0.15) is 0 Å². The second-order valence-electron chi connectivity index (χ2n) is 6.08. The largest absolute Gasteiger partial charge is 0.499 e. The van der Waals surface area contributed by atoms with E-state index in [-0.39, 0.29) is 16.7 Å². The van der Waals surface area contributed by atoms with Crippen LogP contribution in [-0.4, -0.2) is 21.2 Å². The number of hydrogen-bond donors (Lipinski definition) is 0. The minimum atomic E-state index is -0.867. The van der Waals surface area contributed by atoms with E-state index >= 15 is 0 Å². The SMILES string of the molecule is [B]C1=C(F)CCC(C(C)(C)C)=C1OC([B])(C)C. The summed E-state index contributed by atoms with van der Waals surface area (Å²) in [5, 5.41) is 0. The molecule has 1 nitrogen and oxygen atoms in total. The molecule has 1 aliphatic rings. The van der Waals surface area contributed by atoms with Gasteiger partial charge in [-0.25, -0.2) is 4.39 Å². The summed E-state index contributed by atoms with van der Waals surface area (Å²) in [6, 6.07) is 0. The van der Waals surface area contributed by atoms with Gasteiger partial charge in [-0.15, -0.1) is 0 Å². The lowest BCUT2D eigenvalue weighted by Crippen LogP contribution is -2.28. The van der Waals surface area contributed by atoms with Crippen LogP contribution in [0.25, 0.3) is 0 Å². The van der Waals surface area contributed by atoms with E-state index in [1.165, 1.54) is 0 Å². The summed E-state index contributed by atoms with van der Waals surface area (Å²) >= 11 is 0. The predicted octanol–water partition coefficient (Wildman–Crippen LogP) is 3.35. The first kappa shape index (κ1) is 14.4. The highest BCUT2D eigenvalue weighted by Gasteiger charge is 2.29. The third-order valence-corrected chi connectivity index (χ3v) is 2.68. The molecular formula is C13H19B2FO. The molecule has 0 bridgehead atoms. The maximum absolute atomic E-state index is 13.6. The summed E-state index contributed by atoms with van der Waals surface area (Å²) in [5.74, 6) is 0.117. The smallest absolute Gasteiger partial charge is 0.130 e. The van der Waals surface area contributed by atoms with Gasteiger partial charge in [0.1, 0.15) is 21.5 Å². The molecule has 90 valence electrons. The van der Waals surface area contributed by atoms with Gasteiger partial charge in [0, 0.05) is 6.42 Å². The van der Waals surface area contributed by atoms with E-state index in [1.54, 1.807) is 13.8 Å². The lowest BCUT2D eigenvalue weighted by Gasteiger charge is -2.34. The Morgan fingerprint density at radius 1 is 1.12 bits per heavy atom. The average Bonchev–Trinajstić information content (AvgIpc) is 2.08. The van der Waals surface area contributed by atoms with Crippen LogP contribution in [0.15, 0.2) is 22.6 Å². The molecule has 0 fully saturated rings. The van der Waals surface area contributed by atoms with Crippen molar-refractivity contribution in [3.63, 3.8) is 0 Å². The number of allylic oxidation sites excluding steroid dienone is 3. The van der Waals surface area contributed by atoms with Crippen molar-refractivity contribution in [2.24, 2.45) is 5.41 Å². The summed E-state index contributed by atoms with van der Waals surface area (Å²) < 4.78 is 19.2. The van der Waals surface area contributed by atoms with E-state index in [0.29, 0.717) is 18.6 Å². The Kier molecular flexibility index (Phi) is 3.85. The van der Waals surface area contributed by atoms with Gasteiger partial charge < -0.3 is 4.74 Å². The maximum atomic E-state index is 13.6. The Morgan fingerprint density at radius 3 is 2.06 bits per heavy atom. The predicted molar refractivity (Wildman–Crippen MR) is 70.5 cm³/mol. The van der Waals surface area contributed by atoms with Crippen molar-refractivity contribution in [1.29, 1.82) is 0 Å². The minimum Gasteiger partial charge on any atom is -0.499 e. The van der Waals surface area contributed by atoms with Gasteiger partial charge in [0.15, 0.2) is 0 Å². The van der Waals surface area contributed by atoms with E-state index < -0.39 is 5.50 Å². The molecule has 0 N–H and O–H groups in total. The maximum Gasteiger partial charge on any atom is 0.130 e. The minimum absolute atomic E-state index is 0.0969. The van der Waals surface area contributed by atoms with Crippen molar-refractivity contribution in [2.75, 3.05) is 0 Å². The normalized spacial score (nSPS) is 18.7. The molecule has 0 aromatic rings. The Morgan fingerprint density at radius 2 is 1.65 bits per heavy atom. The topological polar surface area (TPSA) is 9.23 Å². The molecule has 4 radical (unpaired) electrons. The number of hydrogen-bond acceptors (Lipinski definition) is 1. The molecule has 0 amide bonds. The van der Waals surface area contributed by atoms with Crippen molar-refractivity contribution < 1.29 is 9.13 Å². The fourth-order valence-corrected chi connectivity index (χ4v) is 1.86. The van der Waals surface area contributed by atoms with Crippen LogP contribution in [-0.2, 0) is 4.74 Å². The molecule has 0 atom stereocenters. The Bertz CT molecular complexity index is 370.